The number of aryl methyl sites for hydroxylation is 1. The molecule has 112 valence electrons. The summed E-state index contributed by atoms with van der Waals surface area (Å²) in [5, 5.41) is 8.44. The Labute approximate surface area is 117 Å². The van der Waals surface area contributed by atoms with Crippen LogP contribution in [0.3, 0.4) is 0 Å². The number of carboxylic acid groups (broad SMARTS) is 1. The summed E-state index contributed by atoms with van der Waals surface area (Å²) in [5.41, 5.74) is 1.65. The first-order valence-electron chi connectivity index (χ1n) is 6.24. The molecule has 0 radical (unpaired) electrons. The number of sulfonamides is 1. The van der Waals surface area contributed by atoms with E-state index in [0.717, 1.165) is 11.1 Å². The van der Waals surface area contributed by atoms with Gasteiger partial charge in [-0.25, -0.2) is 17.5 Å². The van der Waals surface area contributed by atoms with E-state index in [4.69, 9.17) is 5.11 Å². The summed E-state index contributed by atoms with van der Waals surface area (Å²) in [6.07, 6.45) is 0.377. The zero-order valence-electron chi connectivity index (χ0n) is 11.2. The Morgan fingerprint density at radius 2 is 2.10 bits per heavy atom. The van der Waals surface area contributed by atoms with Gasteiger partial charge in [0, 0.05) is 13.0 Å². The predicted octanol–water partition coefficient (Wildman–Crippen LogP) is 1.46. The van der Waals surface area contributed by atoms with Crippen molar-refractivity contribution in [2.75, 3.05) is 12.3 Å². The van der Waals surface area contributed by atoms with Crippen molar-refractivity contribution in [2.24, 2.45) is 0 Å². The third-order valence-electron chi connectivity index (χ3n) is 2.82. The molecule has 5 nitrogen and oxygen atoms in total. The van der Waals surface area contributed by atoms with Crippen molar-refractivity contribution in [2.45, 2.75) is 26.2 Å². The van der Waals surface area contributed by atoms with Crippen LogP contribution in [0.2, 0.25) is 0 Å². The topological polar surface area (TPSA) is 83.5 Å². The van der Waals surface area contributed by atoms with Gasteiger partial charge in [-0.15, -0.1) is 0 Å². The molecular formula is C13H18FNO4S. The molecule has 0 bridgehead atoms. The summed E-state index contributed by atoms with van der Waals surface area (Å²) in [5.74, 6) is -1.54. The van der Waals surface area contributed by atoms with Crippen LogP contribution in [0.25, 0.3) is 0 Å². The summed E-state index contributed by atoms with van der Waals surface area (Å²) in [4.78, 5) is 10.3. The predicted molar refractivity (Wildman–Crippen MR) is 73.5 cm³/mol. The first-order valence-corrected chi connectivity index (χ1v) is 7.89. The number of hydrogen-bond acceptors (Lipinski definition) is 3. The van der Waals surface area contributed by atoms with E-state index in [0.29, 0.717) is 6.42 Å². The zero-order valence-corrected chi connectivity index (χ0v) is 12.0. The highest BCUT2D eigenvalue weighted by Crippen LogP contribution is 2.10. The van der Waals surface area contributed by atoms with E-state index in [1.165, 1.54) is 12.1 Å². The molecule has 0 unspecified atom stereocenters. The maximum Gasteiger partial charge on any atom is 0.303 e. The monoisotopic (exact) mass is 303 g/mol. The molecule has 0 aliphatic carbocycles. The van der Waals surface area contributed by atoms with Gasteiger partial charge in [0.15, 0.2) is 0 Å². The first kappa shape index (κ1) is 16.6. The van der Waals surface area contributed by atoms with E-state index in [-0.39, 0.29) is 31.0 Å². The fourth-order valence-corrected chi connectivity index (χ4v) is 2.85. The molecule has 0 saturated heterocycles. The van der Waals surface area contributed by atoms with Crippen LogP contribution in [-0.4, -0.2) is 31.8 Å². The molecule has 0 aliphatic rings. The van der Waals surface area contributed by atoms with Crippen molar-refractivity contribution in [3.63, 3.8) is 0 Å². The van der Waals surface area contributed by atoms with Crippen LogP contribution < -0.4 is 4.72 Å². The fraction of sp³-hybridized carbons (Fsp3) is 0.462. The van der Waals surface area contributed by atoms with E-state index in [1.54, 1.807) is 13.0 Å². The molecule has 1 rings (SSSR count). The van der Waals surface area contributed by atoms with Crippen molar-refractivity contribution in [3.8, 4) is 0 Å². The molecule has 7 heteroatoms. The molecule has 20 heavy (non-hydrogen) atoms. The Hall–Kier alpha value is -1.47. The average molecular weight is 303 g/mol. The Morgan fingerprint density at radius 1 is 1.40 bits per heavy atom. The van der Waals surface area contributed by atoms with E-state index in [2.05, 4.69) is 4.72 Å². The van der Waals surface area contributed by atoms with Crippen LogP contribution in [0.1, 0.15) is 24.0 Å². The Morgan fingerprint density at radius 3 is 2.70 bits per heavy atom. The van der Waals surface area contributed by atoms with Crippen LogP contribution in [0.4, 0.5) is 4.39 Å². The van der Waals surface area contributed by atoms with E-state index >= 15 is 0 Å². The van der Waals surface area contributed by atoms with Crippen molar-refractivity contribution >= 4 is 16.0 Å². The molecular weight excluding hydrogens is 285 g/mol. The highest BCUT2D eigenvalue weighted by atomic mass is 32.2. The van der Waals surface area contributed by atoms with Gasteiger partial charge in [0.05, 0.1) is 5.75 Å². The molecule has 0 fully saturated rings. The lowest BCUT2D eigenvalue weighted by Crippen LogP contribution is -2.28. The number of carboxylic acids is 1. The van der Waals surface area contributed by atoms with Crippen molar-refractivity contribution in [1.29, 1.82) is 0 Å². The molecule has 0 heterocycles. The van der Waals surface area contributed by atoms with Crippen molar-refractivity contribution < 1.29 is 22.7 Å². The number of rotatable bonds is 8. The van der Waals surface area contributed by atoms with E-state index < -0.39 is 16.0 Å². The van der Waals surface area contributed by atoms with Crippen molar-refractivity contribution in [3.05, 3.63) is 35.1 Å². The summed E-state index contributed by atoms with van der Waals surface area (Å²) in [6, 6.07) is 4.36. The highest BCUT2D eigenvalue weighted by Gasteiger charge is 2.11. The standard InChI is InChI=1S/C13H18FNO4S/c1-10-9-12(14)5-4-11(10)6-7-15-20(18,19)8-2-3-13(16)17/h4-5,9,15H,2-3,6-8H2,1H3,(H,16,17). The minimum absolute atomic E-state index is 0.0836. The molecule has 0 atom stereocenters. The Bertz CT molecular complexity index is 572. The van der Waals surface area contributed by atoms with Gasteiger partial charge in [0.2, 0.25) is 10.0 Å². The first-order chi connectivity index (χ1) is 9.30. The average Bonchev–Trinajstić information content (AvgIpc) is 2.31. The summed E-state index contributed by atoms with van der Waals surface area (Å²) in [7, 11) is -3.46. The van der Waals surface area contributed by atoms with Gasteiger partial charge in [-0.2, -0.15) is 0 Å². The number of carbonyl (C=O) groups is 1. The summed E-state index contributed by atoms with van der Waals surface area (Å²) >= 11 is 0. The van der Waals surface area contributed by atoms with Crippen LogP contribution >= 0.6 is 0 Å². The third kappa shape index (κ3) is 6.12. The highest BCUT2D eigenvalue weighted by molar-refractivity contribution is 7.89. The fourth-order valence-electron chi connectivity index (χ4n) is 1.77. The smallest absolute Gasteiger partial charge is 0.303 e. The van der Waals surface area contributed by atoms with Crippen molar-refractivity contribution in [1.82, 2.24) is 4.72 Å². The minimum atomic E-state index is -3.46. The van der Waals surface area contributed by atoms with Crippen LogP contribution in [0, 0.1) is 12.7 Å². The lowest BCUT2D eigenvalue weighted by atomic mass is 10.1. The normalized spacial score (nSPS) is 11.5. The molecule has 1 aromatic carbocycles. The van der Waals surface area contributed by atoms with Crippen LogP contribution in [-0.2, 0) is 21.2 Å². The maximum atomic E-state index is 12.9. The van der Waals surface area contributed by atoms with Gasteiger partial charge >= 0.3 is 5.97 Å². The number of hydrogen-bond donors (Lipinski definition) is 2. The second-order valence-electron chi connectivity index (χ2n) is 4.53. The largest absolute Gasteiger partial charge is 0.481 e. The molecule has 0 aliphatic heterocycles. The van der Waals surface area contributed by atoms with Gasteiger partial charge < -0.3 is 5.11 Å². The lowest BCUT2D eigenvalue weighted by molar-refractivity contribution is -0.137. The maximum absolute atomic E-state index is 12.9. The molecule has 1 aromatic rings. The number of benzene rings is 1. The SMILES string of the molecule is Cc1cc(F)ccc1CCNS(=O)(=O)CCCC(=O)O. The van der Waals surface area contributed by atoms with E-state index in [1.807, 2.05) is 0 Å². The Balaban J connectivity index is 2.41. The van der Waals surface area contributed by atoms with Gasteiger partial charge in [0.1, 0.15) is 5.82 Å². The van der Waals surface area contributed by atoms with E-state index in [9.17, 15) is 17.6 Å². The molecule has 0 amide bonds. The molecule has 2 N–H and O–H groups in total. The Kier molecular flexibility index (Phi) is 6.09. The lowest BCUT2D eigenvalue weighted by Gasteiger charge is -2.08. The molecule has 0 spiro atoms. The number of halogens is 1. The molecule has 0 saturated carbocycles. The summed E-state index contributed by atoms with van der Waals surface area (Å²) in [6.45, 7) is 1.97. The van der Waals surface area contributed by atoms with Gasteiger partial charge in [0.25, 0.3) is 0 Å². The number of nitrogens with one attached hydrogen (secondary N) is 1. The van der Waals surface area contributed by atoms with Crippen LogP contribution in [0.15, 0.2) is 18.2 Å². The van der Waals surface area contributed by atoms with Gasteiger partial charge in [-0.3, -0.25) is 4.79 Å². The summed E-state index contributed by atoms with van der Waals surface area (Å²) < 4.78 is 38.5. The quantitative estimate of drug-likeness (QED) is 0.761. The second-order valence-corrected chi connectivity index (χ2v) is 6.46. The van der Waals surface area contributed by atoms with Gasteiger partial charge in [-0.05, 0) is 43.0 Å². The molecule has 0 aromatic heterocycles. The number of aliphatic carboxylic acids is 1. The van der Waals surface area contributed by atoms with Crippen LogP contribution in [0.5, 0.6) is 0 Å². The zero-order chi connectivity index (χ0) is 15.2. The third-order valence-corrected chi connectivity index (χ3v) is 4.29. The second kappa shape index (κ2) is 7.35. The van der Waals surface area contributed by atoms with Gasteiger partial charge in [-0.1, -0.05) is 6.07 Å². The minimum Gasteiger partial charge on any atom is -0.481 e.